The molecular formula is C17H24N4O. The lowest BCUT2D eigenvalue weighted by Crippen LogP contribution is -2.28. The van der Waals surface area contributed by atoms with Crippen molar-refractivity contribution in [2.24, 2.45) is 7.05 Å². The van der Waals surface area contributed by atoms with Crippen molar-refractivity contribution >= 4 is 11.6 Å². The average Bonchev–Trinajstić information content (AvgIpc) is 2.92. The Hall–Kier alpha value is -2.30. The molecule has 0 saturated carbocycles. The van der Waals surface area contributed by atoms with Gasteiger partial charge in [0.05, 0.1) is 0 Å². The standard InChI is InChI=1S/C17H24N4O/c1-19(2)15-8-5-7-14(13-15)17(22)21(4)11-6-9-16-18-10-12-20(16)3/h5,7-8,10,12-13H,6,9,11H2,1-4H3. The van der Waals surface area contributed by atoms with Gasteiger partial charge in [-0.25, -0.2) is 4.98 Å². The van der Waals surface area contributed by atoms with Gasteiger partial charge in [0.15, 0.2) is 0 Å². The third kappa shape index (κ3) is 3.87. The van der Waals surface area contributed by atoms with Crippen LogP contribution in [-0.4, -0.2) is 48.0 Å². The molecule has 0 unspecified atom stereocenters. The Bertz CT molecular complexity index is 633. The monoisotopic (exact) mass is 300 g/mol. The molecule has 1 heterocycles. The van der Waals surface area contributed by atoms with Gasteiger partial charge in [-0.2, -0.15) is 0 Å². The number of anilines is 1. The van der Waals surface area contributed by atoms with E-state index in [4.69, 9.17) is 0 Å². The smallest absolute Gasteiger partial charge is 0.253 e. The number of carbonyl (C=O) groups excluding carboxylic acids is 1. The quantitative estimate of drug-likeness (QED) is 0.821. The van der Waals surface area contributed by atoms with Gasteiger partial charge in [0.1, 0.15) is 5.82 Å². The van der Waals surface area contributed by atoms with E-state index in [-0.39, 0.29) is 5.91 Å². The SMILES string of the molecule is CN(CCCc1nccn1C)C(=O)c1cccc(N(C)C)c1. The van der Waals surface area contributed by atoms with Crippen LogP contribution in [0.25, 0.3) is 0 Å². The van der Waals surface area contributed by atoms with Crippen molar-refractivity contribution in [3.05, 3.63) is 48.0 Å². The number of hydrogen-bond donors (Lipinski definition) is 0. The first-order valence-corrected chi connectivity index (χ1v) is 7.48. The van der Waals surface area contributed by atoms with Crippen molar-refractivity contribution in [2.75, 3.05) is 32.6 Å². The highest BCUT2D eigenvalue weighted by Crippen LogP contribution is 2.15. The van der Waals surface area contributed by atoms with Crippen molar-refractivity contribution < 1.29 is 4.79 Å². The summed E-state index contributed by atoms with van der Waals surface area (Å²) in [7, 11) is 7.79. The number of imidazole rings is 1. The molecule has 5 nitrogen and oxygen atoms in total. The molecule has 2 rings (SSSR count). The van der Waals surface area contributed by atoms with Gasteiger partial charge >= 0.3 is 0 Å². The highest BCUT2D eigenvalue weighted by atomic mass is 16.2. The molecule has 0 aliphatic carbocycles. The topological polar surface area (TPSA) is 41.4 Å². The Balaban J connectivity index is 1.91. The van der Waals surface area contributed by atoms with E-state index in [2.05, 4.69) is 4.98 Å². The van der Waals surface area contributed by atoms with Crippen LogP contribution >= 0.6 is 0 Å². The Morgan fingerprint density at radius 3 is 2.68 bits per heavy atom. The molecule has 5 heteroatoms. The maximum Gasteiger partial charge on any atom is 0.253 e. The summed E-state index contributed by atoms with van der Waals surface area (Å²) in [6.07, 6.45) is 5.52. The highest BCUT2D eigenvalue weighted by molar-refractivity contribution is 5.95. The van der Waals surface area contributed by atoms with Gasteiger partial charge in [0.25, 0.3) is 5.91 Å². The minimum Gasteiger partial charge on any atom is -0.378 e. The number of nitrogens with zero attached hydrogens (tertiary/aromatic N) is 4. The Labute approximate surface area is 132 Å². The van der Waals surface area contributed by atoms with Gasteiger partial charge in [-0.15, -0.1) is 0 Å². The van der Waals surface area contributed by atoms with Crippen LogP contribution in [-0.2, 0) is 13.5 Å². The Morgan fingerprint density at radius 2 is 2.05 bits per heavy atom. The molecule has 0 aliphatic heterocycles. The van der Waals surface area contributed by atoms with E-state index in [0.717, 1.165) is 36.5 Å². The lowest BCUT2D eigenvalue weighted by atomic mass is 10.1. The second-order valence-electron chi connectivity index (χ2n) is 5.73. The van der Waals surface area contributed by atoms with Crippen LogP contribution in [0.1, 0.15) is 22.6 Å². The number of aromatic nitrogens is 2. The van der Waals surface area contributed by atoms with Crippen LogP contribution < -0.4 is 4.90 Å². The molecule has 118 valence electrons. The lowest BCUT2D eigenvalue weighted by Gasteiger charge is -2.19. The second-order valence-corrected chi connectivity index (χ2v) is 5.73. The second kappa shape index (κ2) is 7.11. The zero-order valence-electron chi connectivity index (χ0n) is 13.8. The fourth-order valence-electron chi connectivity index (χ4n) is 2.35. The van der Waals surface area contributed by atoms with Gasteiger partial charge in [-0.3, -0.25) is 4.79 Å². The third-order valence-corrected chi connectivity index (χ3v) is 3.77. The summed E-state index contributed by atoms with van der Waals surface area (Å²) >= 11 is 0. The van der Waals surface area contributed by atoms with Gasteiger partial charge in [-0.1, -0.05) is 6.07 Å². The van der Waals surface area contributed by atoms with Crippen molar-refractivity contribution in [2.45, 2.75) is 12.8 Å². The number of amides is 1. The fourth-order valence-corrected chi connectivity index (χ4v) is 2.35. The molecule has 0 fully saturated rings. The summed E-state index contributed by atoms with van der Waals surface area (Å²) in [6, 6.07) is 7.71. The van der Waals surface area contributed by atoms with E-state index >= 15 is 0 Å². The van der Waals surface area contributed by atoms with Crippen LogP contribution in [0.15, 0.2) is 36.7 Å². The normalized spacial score (nSPS) is 10.5. The molecule has 1 aromatic carbocycles. The average molecular weight is 300 g/mol. The molecule has 0 spiro atoms. The Morgan fingerprint density at radius 1 is 1.27 bits per heavy atom. The molecule has 2 aromatic rings. The number of aryl methyl sites for hydroxylation is 2. The molecule has 22 heavy (non-hydrogen) atoms. The van der Waals surface area contributed by atoms with E-state index < -0.39 is 0 Å². The van der Waals surface area contributed by atoms with E-state index in [9.17, 15) is 4.79 Å². The maximum atomic E-state index is 12.5. The number of rotatable bonds is 6. The van der Waals surface area contributed by atoms with Crippen LogP contribution in [0, 0.1) is 0 Å². The number of hydrogen-bond acceptors (Lipinski definition) is 3. The van der Waals surface area contributed by atoms with Crippen LogP contribution in [0.5, 0.6) is 0 Å². The number of benzene rings is 1. The summed E-state index contributed by atoms with van der Waals surface area (Å²) < 4.78 is 2.02. The van der Waals surface area contributed by atoms with Crippen molar-refractivity contribution in [3.8, 4) is 0 Å². The first-order chi connectivity index (χ1) is 10.5. The molecule has 1 aromatic heterocycles. The molecule has 0 N–H and O–H groups in total. The van der Waals surface area contributed by atoms with Gasteiger partial charge in [-0.05, 0) is 24.6 Å². The Kier molecular flexibility index (Phi) is 5.20. The summed E-state index contributed by atoms with van der Waals surface area (Å²) in [5, 5.41) is 0. The minimum absolute atomic E-state index is 0.0588. The van der Waals surface area contributed by atoms with Gasteiger partial charge in [0.2, 0.25) is 0 Å². The first-order valence-electron chi connectivity index (χ1n) is 7.48. The molecule has 1 amide bonds. The van der Waals surface area contributed by atoms with Crippen molar-refractivity contribution in [1.82, 2.24) is 14.5 Å². The lowest BCUT2D eigenvalue weighted by molar-refractivity contribution is 0.0793. The maximum absolute atomic E-state index is 12.5. The van der Waals surface area contributed by atoms with Crippen LogP contribution in [0.4, 0.5) is 5.69 Å². The van der Waals surface area contributed by atoms with Gasteiger partial charge < -0.3 is 14.4 Å². The highest BCUT2D eigenvalue weighted by Gasteiger charge is 2.12. The molecule has 0 aliphatic rings. The largest absolute Gasteiger partial charge is 0.378 e. The third-order valence-electron chi connectivity index (χ3n) is 3.77. The summed E-state index contributed by atoms with van der Waals surface area (Å²) in [5.74, 6) is 1.11. The summed E-state index contributed by atoms with van der Waals surface area (Å²) in [6.45, 7) is 0.720. The zero-order valence-corrected chi connectivity index (χ0v) is 13.8. The molecule has 0 saturated heterocycles. The molecular weight excluding hydrogens is 276 g/mol. The van der Waals surface area contributed by atoms with Crippen LogP contribution in [0.3, 0.4) is 0 Å². The first kappa shape index (κ1) is 16.1. The number of carbonyl (C=O) groups is 1. The predicted molar refractivity (Wildman–Crippen MR) is 89.3 cm³/mol. The molecule has 0 radical (unpaired) electrons. The molecule has 0 atom stereocenters. The summed E-state index contributed by atoms with van der Waals surface area (Å²) in [4.78, 5) is 20.5. The summed E-state index contributed by atoms with van der Waals surface area (Å²) in [5.41, 5.74) is 1.76. The van der Waals surface area contributed by atoms with E-state index in [1.807, 2.05) is 68.1 Å². The van der Waals surface area contributed by atoms with Gasteiger partial charge in [0, 0.05) is 64.8 Å². The fraction of sp³-hybridized carbons (Fsp3) is 0.412. The zero-order chi connectivity index (χ0) is 16.1. The van der Waals surface area contributed by atoms with Crippen molar-refractivity contribution in [1.29, 1.82) is 0 Å². The van der Waals surface area contributed by atoms with Crippen molar-refractivity contribution in [3.63, 3.8) is 0 Å². The van der Waals surface area contributed by atoms with E-state index in [0.29, 0.717) is 0 Å². The van der Waals surface area contributed by atoms with E-state index in [1.54, 1.807) is 11.1 Å². The predicted octanol–water partition coefficient (Wildman–Crippen LogP) is 2.19. The molecule has 0 bridgehead atoms. The van der Waals surface area contributed by atoms with E-state index in [1.165, 1.54) is 0 Å². The minimum atomic E-state index is 0.0588. The van der Waals surface area contributed by atoms with Crippen LogP contribution in [0.2, 0.25) is 0 Å².